The molecule has 0 aliphatic heterocycles. The number of alkyl halides is 3. The Labute approximate surface area is 193 Å². The van der Waals surface area contributed by atoms with Crippen LogP contribution < -0.4 is 5.32 Å². The molecular formula is C19H13Cl2F3N6OS. The molecular weight excluding hydrogens is 488 g/mol. The molecule has 0 aliphatic carbocycles. The summed E-state index contributed by atoms with van der Waals surface area (Å²) in [6.07, 6.45) is -1.81. The molecule has 0 fully saturated rings. The van der Waals surface area contributed by atoms with Crippen molar-refractivity contribution in [2.24, 2.45) is 0 Å². The zero-order chi connectivity index (χ0) is 22.9. The molecule has 0 atom stereocenters. The maximum atomic E-state index is 12.7. The highest BCUT2D eigenvalue weighted by atomic mass is 35.5. The van der Waals surface area contributed by atoms with Gasteiger partial charge in [0.05, 0.1) is 18.0 Å². The molecule has 166 valence electrons. The van der Waals surface area contributed by atoms with Gasteiger partial charge in [-0.05, 0) is 40.8 Å². The van der Waals surface area contributed by atoms with Gasteiger partial charge in [-0.2, -0.15) is 18.3 Å². The van der Waals surface area contributed by atoms with Crippen molar-refractivity contribution < 1.29 is 18.0 Å². The lowest BCUT2D eigenvalue weighted by atomic mass is 10.2. The highest BCUT2D eigenvalue weighted by Crippen LogP contribution is 2.27. The summed E-state index contributed by atoms with van der Waals surface area (Å²) in [5, 5.41) is 13.0. The van der Waals surface area contributed by atoms with Crippen molar-refractivity contribution in [1.29, 1.82) is 0 Å². The van der Waals surface area contributed by atoms with Gasteiger partial charge < -0.3 is 0 Å². The second-order valence-electron chi connectivity index (χ2n) is 6.67. The summed E-state index contributed by atoms with van der Waals surface area (Å²) in [6, 6.07) is 7.59. The predicted molar refractivity (Wildman–Crippen MR) is 114 cm³/mol. The van der Waals surface area contributed by atoms with E-state index in [1.54, 1.807) is 29.6 Å². The number of amides is 1. The molecule has 3 aromatic heterocycles. The maximum Gasteiger partial charge on any atom is 0.435 e. The fourth-order valence-corrected chi connectivity index (χ4v) is 4.05. The average Bonchev–Trinajstić information content (AvgIpc) is 3.45. The van der Waals surface area contributed by atoms with Gasteiger partial charge in [0.15, 0.2) is 5.69 Å². The van der Waals surface area contributed by atoms with Crippen LogP contribution in [0.5, 0.6) is 0 Å². The minimum atomic E-state index is -4.50. The van der Waals surface area contributed by atoms with Gasteiger partial charge in [-0.25, -0.2) is 9.67 Å². The minimum absolute atomic E-state index is 0.106. The minimum Gasteiger partial charge on any atom is -0.288 e. The Morgan fingerprint density at radius 3 is 2.62 bits per heavy atom. The van der Waals surface area contributed by atoms with Gasteiger partial charge in [-0.1, -0.05) is 29.3 Å². The van der Waals surface area contributed by atoms with E-state index in [9.17, 15) is 18.0 Å². The topological polar surface area (TPSA) is 77.6 Å². The van der Waals surface area contributed by atoms with Crippen LogP contribution in [-0.2, 0) is 19.3 Å². The van der Waals surface area contributed by atoms with E-state index >= 15 is 0 Å². The number of anilines is 1. The molecule has 0 radical (unpaired) electrons. The Hall–Kier alpha value is -2.89. The van der Waals surface area contributed by atoms with Crippen LogP contribution in [0.4, 0.5) is 19.1 Å². The first kappa shape index (κ1) is 22.3. The van der Waals surface area contributed by atoms with E-state index in [-0.39, 0.29) is 12.5 Å². The fraction of sp³-hybridized carbons (Fsp3) is 0.158. The van der Waals surface area contributed by atoms with Gasteiger partial charge in [-0.3, -0.25) is 14.8 Å². The molecule has 0 aliphatic rings. The van der Waals surface area contributed by atoms with Gasteiger partial charge in [0, 0.05) is 16.2 Å². The molecule has 13 heteroatoms. The molecule has 0 spiro atoms. The van der Waals surface area contributed by atoms with Crippen LogP contribution in [0.1, 0.15) is 26.5 Å². The zero-order valence-electron chi connectivity index (χ0n) is 16.0. The highest BCUT2D eigenvalue weighted by molar-refractivity contribution is 7.12. The van der Waals surface area contributed by atoms with Gasteiger partial charge in [0.25, 0.3) is 5.91 Å². The SMILES string of the molecule is O=C(Nc1ncn(Cc2ccc(Cl)cc2Cl)n1)c1cc(Cn2ccc(C(F)(F)F)n2)cs1. The molecule has 0 saturated heterocycles. The Kier molecular flexibility index (Phi) is 6.22. The molecule has 4 rings (SSSR count). The Balaban J connectivity index is 1.38. The third-order valence-corrected chi connectivity index (χ3v) is 5.83. The van der Waals surface area contributed by atoms with Crippen molar-refractivity contribution in [3.8, 4) is 0 Å². The summed E-state index contributed by atoms with van der Waals surface area (Å²) < 4.78 is 40.7. The lowest BCUT2D eigenvalue weighted by Crippen LogP contribution is -2.12. The largest absolute Gasteiger partial charge is 0.435 e. The molecule has 1 N–H and O–H groups in total. The molecule has 7 nitrogen and oxygen atoms in total. The Morgan fingerprint density at radius 1 is 1.09 bits per heavy atom. The summed E-state index contributed by atoms with van der Waals surface area (Å²) in [5.74, 6) is -0.322. The number of rotatable bonds is 6. The maximum absolute atomic E-state index is 12.7. The number of nitrogens with zero attached hydrogens (tertiary/aromatic N) is 5. The zero-order valence-corrected chi connectivity index (χ0v) is 18.3. The van der Waals surface area contributed by atoms with E-state index < -0.39 is 17.8 Å². The van der Waals surface area contributed by atoms with Gasteiger partial charge >= 0.3 is 6.18 Å². The fourth-order valence-electron chi connectivity index (χ4n) is 2.78. The van der Waals surface area contributed by atoms with Crippen LogP contribution >= 0.6 is 34.5 Å². The smallest absolute Gasteiger partial charge is 0.288 e. The van der Waals surface area contributed by atoms with Gasteiger partial charge in [0.2, 0.25) is 5.95 Å². The van der Waals surface area contributed by atoms with E-state index in [1.807, 2.05) is 0 Å². The second kappa shape index (κ2) is 8.93. The van der Waals surface area contributed by atoms with E-state index in [0.29, 0.717) is 27.0 Å². The van der Waals surface area contributed by atoms with E-state index in [1.165, 1.54) is 17.2 Å². The number of carbonyl (C=O) groups is 1. The molecule has 0 saturated carbocycles. The molecule has 32 heavy (non-hydrogen) atoms. The Bertz CT molecular complexity index is 1270. The summed E-state index contributed by atoms with van der Waals surface area (Å²) in [5.41, 5.74) is 0.467. The molecule has 4 aromatic rings. The first-order valence-electron chi connectivity index (χ1n) is 9.00. The summed E-state index contributed by atoms with van der Waals surface area (Å²) in [4.78, 5) is 16.9. The summed E-state index contributed by atoms with van der Waals surface area (Å²) in [7, 11) is 0. The first-order valence-corrected chi connectivity index (χ1v) is 10.6. The van der Waals surface area contributed by atoms with Gasteiger partial charge in [-0.15, -0.1) is 16.4 Å². The molecule has 1 aromatic carbocycles. The lowest BCUT2D eigenvalue weighted by Gasteiger charge is -2.04. The number of aromatic nitrogens is 5. The van der Waals surface area contributed by atoms with E-state index in [0.717, 1.165) is 27.6 Å². The number of hydrogen-bond donors (Lipinski definition) is 1. The number of benzene rings is 1. The third-order valence-electron chi connectivity index (χ3n) is 4.26. The van der Waals surface area contributed by atoms with Crippen LogP contribution in [0.2, 0.25) is 10.0 Å². The average molecular weight is 501 g/mol. The normalized spacial score (nSPS) is 11.7. The van der Waals surface area contributed by atoms with Crippen LogP contribution in [0, 0.1) is 0 Å². The van der Waals surface area contributed by atoms with Crippen molar-refractivity contribution >= 4 is 46.4 Å². The summed E-state index contributed by atoms with van der Waals surface area (Å²) in [6.45, 7) is 0.445. The third kappa shape index (κ3) is 5.29. The second-order valence-corrected chi connectivity index (χ2v) is 8.43. The molecule has 0 unspecified atom stereocenters. The molecule has 3 heterocycles. The van der Waals surface area contributed by atoms with Crippen LogP contribution in [0.25, 0.3) is 0 Å². The van der Waals surface area contributed by atoms with Crippen molar-refractivity contribution in [2.45, 2.75) is 19.3 Å². The summed E-state index contributed by atoms with van der Waals surface area (Å²) >= 11 is 13.2. The van der Waals surface area contributed by atoms with Crippen LogP contribution in [0.3, 0.4) is 0 Å². The van der Waals surface area contributed by atoms with Crippen molar-refractivity contribution in [3.05, 3.63) is 80.0 Å². The number of carbonyl (C=O) groups excluding carboxylic acids is 1. The number of hydrogen-bond acceptors (Lipinski definition) is 5. The van der Waals surface area contributed by atoms with Crippen LogP contribution in [0.15, 0.2) is 48.2 Å². The van der Waals surface area contributed by atoms with Crippen LogP contribution in [-0.4, -0.2) is 30.5 Å². The van der Waals surface area contributed by atoms with Gasteiger partial charge in [0.1, 0.15) is 6.33 Å². The lowest BCUT2D eigenvalue weighted by molar-refractivity contribution is -0.141. The van der Waals surface area contributed by atoms with Crippen molar-refractivity contribution in [1.82, 2.24) is 24.5 Å². The highest BCUT2D eigenvalue weighted by Gasteiger charge is 2.33. The van der Waals surface area contributed by atoms with Crippen molar-refractivity contribution in [2.75, 3.05) is 5.32 Å². The Morgan fingerprint density at radius 2 is 1.91 bits per heavy atom. The molecule has 0 bridgehead atoms. The monoisotopic (exact) mass is 500 g/mol. The predicted octanol–water partition coefficient (Wildman–Crippen LogP) is 5.21. The van der Waals surface area contributed by atoms with Crippen molar-refractivity contribution in [3.63, 3.8) is 0 Å². The quantitative estimate of drug-likeness (QED) is 0.394. The number of nitrogens with one attached hydrogen (secondary N) is 1. The van der Waals surface area contributed by atoms with E-state index in [2.05, 4.69) is 20.5 Å². The van der Waals surface area contributed by atoms with E-state index in [4.69, 9.17) is 23.2 Å². The number of halogens is 5. The standard InChI is InChI=1S/C19H13Cl2F3N6OS/c20-13-2-1-12(14(21)6-13)8-30-10-25-18(28-30)26-17(31)15-5-11(9-32-15)7-29-4-3-16(27-29)19(22,23)24/h1-6,9-10H,7-8H2,(H,26,28,31). The molecule has 1 amide bonds. The number of thiophene rings is 1. The first-order chi connectivity index (χ1) is 15.2.